The van der Waals surface area contributed by atoms with E-state index in [0.717, 1.165) is 0 Å². The Kier molecular flexibility index (Phi) is 7.56. The van der Waals surface area contributed by atoms with Crippen molar-refractivity contribution in [1.29, 1.82) is 0 Å². The molecule has 2 aromatic carbocycles. The van der Waals surface area contributed by atoms with E-state index in [1.165, 1.54) is 7.05 Å². The first-order valence-electron chi connectivity index (χ1n) is 8.54. The van der Waals surface area contributed by atoms with Crippen LogP contribution in [-0.4, -0.2) is 33.3 Å². The molecule has 0 aromatic heterocycles. The van der Waals surface area contributed by atoms with Crippen molar-refractivity contribution in [3.8, 4) is 0 Å². The van der Waals surface area contributed by atoms with Crippen LogP contribution in [0.4, 0.5) is 0 Å². The summed E-state index contributed by atoms with van der Waals surface area (Å²) >= 11 is 5.99. The van der Waals surface area contributed by atoms with E-state index in [1.807, 2.05) is 0 Å². The molecule has 7 nitrogen and oxygen atoms in total. The quantitative estimate of drug-likeness (QED) is 0.602. The van der Waals surface area contributed by atoms with Crippen LogP contribution in [0.1, 0.15) is 28.4 Å². The smallest absolute Gasteiger partial charge is 0.253 e. The molecule has 0 aliphatic rings. The van der Waals surface area contributed by atoms with Crippen molar-refractivity contribution in [1.82, 2.24) is 15.4 Å². The van der Waals surface area contributed by atoms with Crippen LogP contribution in [0, 0.1) is 0 Å². The summed E-state index contributed by atoms with van der Waals surface area (Å²) in [6, 6.07) is 12.7. The maximum atomic E-state index is 12.3. The summed E-state index contributed by atoms with van der Waals surface area (Å²) in [7, 11) is -2.08. The molecule has 0 radical (unpaired) electrons. The lowest BCUT2D eigenvalue weighted by atomic mass is 10.1. The second-order valence-electron chi connectivity index (χ2n) is 6.12. The number of carbonyl (C=O) groups excluding carboxylic acids is 2. The van der Waals surface area contributed by atoms with Gasteiger partial charge in [0.05, 0.1) is 16.3 Å². The van der Waals surface area contributed by atoms with E-state index in [1.54, 1.807) is 55.5 Å². The second-order valence-corrected chi connectivity index (χ2v) is 8.46. The molecule has 1 atom stereocenters. The first-order chi connectivity index (χ1) is 13.2. The highest BCUT2D eigenvalue weighted by Crippen LogP contribution is 2.15. The van der Waals surface area contributed by atoms with Gasteiger partial charge in [-0.2, -0.15) is 0 Å². The Morgan fingerprint density at radius 2 is 1.64 bits per heavy atom. The monoisotopic (exact) mass is 423 g/mol. The van der Waals surface area contributed by atoms with Crippen LogP contribution in [0.5, 0.6) is 0 Å². The van der Waals surface area contributed by atoms with Crippen molar-refractivity contribution >= 4 is 33.4 Å². The summed E-state index contributed by atoms with van der Waals surface area (Å²) in [6.07, 6.45) is 0. The van der Waals surface area contributed by atoms with Gasteiger partial charge in [0, 0.05) is 6.54 Å². The molecular weight excluding hydrogens is 402 g/mol. The summed E-state index contributed by atoms with van der Waals surface area (Å²) < 4.78 is 25.9. The molecule has 0 aliphatic carbocycles. The van der Waals surface area contributed by atoms with Gasteiger partial charge in [0.15, 0.2) is 0 Å². The fourth-order valence-corrected chi connectivity index (χ4v) is 3.53. The Morgan fingerprint density at radius 3 is 2.29 bits per heavy atom. The molecule has 9 heteroatoms. The Bertz CT molecular complexity index is 963. The molecule has 0 fully saturated rings. The number of sulfonamides is 1. The molecule has 0 bridgehead atoms. The van der Waals surface area contributed by atoms with Gasteiger partial charge in [0.2, 0.25) is 15.9 Å². The number of halogens is 1. The second kappa shape index (κ2) is 9.68. The summed E-state index contributed by atoms with van der Waals surface area (Å²) in [5, 5.41) is 5.60. The van der Waals surface area contributed by atoms with E-state index in [9.17, 15) is 18.0 Å². The van der Waals surface area contributed by atoms with E-state index in [2.05, 4.69) is 15.4 Å². The van der Waals surface area contributed by atoms with Crippen LogP contribution < -0.4 is 15.4 Å². The Labute approximate surface area is 169 Å². The maximum Gasteiger partial charge on any atom is 0.253 e. The molecule has 0 saturated carbocycles. The predicted molar refractivity (Wildman–Crippen MR) is 108 cm³/mol. The van der Waals surface area contributed by atoms with Gasteiger partial charge in [-0.3, -0.25) is 9.59 Å². The lowest BCUT2D eigenvalue weighted by Crippen LogP contribution is -2.44. The summed E-state index contributed by atoms with van der Waals surface area (Å²) in [5.41, 5.74) is 1.55. The van der Waals surface area contributed by atoms with Gasteiger partial charge in [-0.25, -0.2) is 13.1 Å². The number of nitrogens with one attached hydrogen (secondary N) is 3. The summed E-state index contributed by atoms with van der Waals surface area (Å²) in [5.74, 6) is -1.03. The average molecular weight is 424 g/mol. The van der Waals surface area contributed by atoms with Crippen LogP contribution in [-0.2, 0) is 27.1 Å². The van der Waals surface area contributed by atoms with Gasteiger partial charge in [0.1, 0.15) is 6.04 Å². The number of carbonyl (C=O) groups is 2. The Balaban J connectivity index is 1.99. The standard InChI is InChI=1S/C19H22ClN3O4S/c1-13(23-19(25)16-9-5-6-10-17(16)20)18(24)22-11-14-7-3-4-8-15(14)12-28(26,27)21-2/h3-10,13,21H,11-12H2,1-2H3,(H,22,24)(H,23,25)/t13-/m0/s1. The van der Waals surface area contributed by atoms with E-state index < -0.39 is 27.9 Å². The minimum absolute atomic E-state index is 0.139. The predicted octanol–water partition coefficient (Wildman–Crippen LogP) is 1.82. The number of rotatable bonds is 8. The minimum Gasteiger partial charge on any atom is -0.350 e. The fourth-order valence-electron chi connectivity index (χ4n) is 2.47. The van der Waals surface area contributed by atoms with Crippen molar-refractivity contribution in [2.45, 2.75) is 25.3 Å². The first-order valence-corrected chi connectivity index (χ1v) is 10.6. The number of hydrogen-bond acceptors (Lipinski definition) is 4. The molecule has 0 unspecified atom stereocenters. The van der Waals surface area contributed by atoms with E-state index in [4.69, 9.17) is 11.6 Å². The largest absolute Gasteiger partial charge is 0.350 e. The number of hydrogen-bond donors (Lipinski definition) is 3. The topological polar surface area (TPSA) is 104 Å². The van der Waals surface area contributed by atoms with Gasteiger partial charge in [0.25, 0.3) is 5.91 Å². The van der Waals surface area contributed by atoms with Crippen molar-refractivity contribution in [3.05, 3.63) is 70.2 Å². The van der Waals surface area contributed by atoms with Crippen LogP contribution >= 0.6 is 11.6 Å². The third-order valence-corrected chi connectivity index (χ3v) is 5.73. The molecule has 3 N–H and O–H groups in total. The number of amides is 2. The lowest BCUT2D eigenvalue weighted by Gasteiger charge is -2.16. The highest BCUT2D eigenvalue weighted by molar-refractivity contribution is 7.88. The van der Waals surface area contributed by atoms with Crippen molar-refractivity contribution in [2.24, 2.45) is 0 Å². The molecule has 0 spiro atoms. The van der Waals surface area contributed by atoms with Crippen molar-refractivity contribution < 1.29 is 18.0 Å². The lowest BCUT2D eigenvalue weighted by molar-refractivity contribution is -0.122. The van der Waals surface area contributed by atoms with Gasteiger partial charge in [-0.15, -0.1) is 0 Å². The van der Waals surface area contributed by atoms with E-state index in [0.29, 0.717) is 16.1 Å². The Hall–Kier alpha value is -2.42. The number of benzene rings is 2. The van der Waals surface area contributed by atoms with Crippen LogP contribution in [0.2, 0.25) is 5.02 Å². The molecule has 2 aromatic rings. The maximum absolute atomic E-state index is 12.3. The van der Waals surface area contributed by atoms with E-state index in [-0.39, 0.29) is 17.9 Å². The highest BCUT2D eigenvalue weighted by atomic mass is 35.5. The fraction of sp³-hybridized carbons (Fsp3) is 0.263. The zero-order valence-corrected chi connectivity index (χ0v) is 17.1. The third-order valence-electron chi connectivity index (χ3n) is 4.09. The zero-order chi connectivity index (χ0) is 20.7. The van der Waals surface area contributed by atoms with E-state index >= 15 is 0 Å². The molecule has 0 aliphatic heterocycles. The average Bonchev–Trinajstić information content (AvgIpc) is 2.67. The molecule has 2 rings (SSSR count). The summed E-state index contributed by atoms with van der Waals surface area (Å²) in [6.45, 7) is 1.70. The Morgan fingerprint density at radius 1 is 1.04 bits per heavy atom. The molecule has 0 heterocycles. The van der Waals surface area contributed by atoms with Crippen LogP contribution in [0.15, 0.2) is 48.5 Å². The van der Waals surface area contributed by atoms with Gasteiger partial charge in [-0.05, 0) is 37.2 Å². The van der Waals surface area contributed by atoms with Gasteiger partial charge >= 0.3 is 0 Å². The van der Waals surface area contributed by atoms with Crippen LogP contribution in [0.25, 0.3) is 0 Å². The molecule has 28 heavy (non-hydrogen) atoms. The third kappa shape index (κ3) is 6.05. The molecule has 150 valence electrons. The zero-order valence-electron chi connectivity index (χ0n) is 15.5. The van der Waals surface area contributed by atoms with Crippen LogP contribution in [0.3, 0.4) is 0 Å². The van der Waals surface area contributed by atoms with Gasteiger partial charge in [-0.1, -0.05) is 48.0 Å². The highest BCUT2D eigenvalue weighted by Gasteiger charge is 2.18. The molecule has 2 amide bonds. The normalized spacial score (nSPS) is 12.2. The molecule has 0 saturated heterocycles. The minimum atomic E-state index is -3.43. The first kappa shape index (κ1) is 21.9. The van der Waals surface area contributed by atoms with Crippen molar-refractivity contribution in [3.63, 3.8) is 0 Å². The van der Waals surface area contributed by atoms with Gasteiger partial charge < -0.3 is 10.6 Å². The molecular formula is C19H22ClN3O4S. The SMILES string of the molecule is CNS(=O)(=O)Cc1ccccc1CNC(=O)[C@H](C)NC(=O)c1ccccc1Cl. The van der Waals surface area contributed by atoms with Crippen molar-refractivity contribution in [2.75, 3.05) is 7.05 Å². The summed E-state index contributed by atoms with van der Waals surface area (Å²) in [4.78, 5) is 24.6.